The summed E-state index contributed by atoms with van der Waals surface area (Å²) < 4.78 is 7.33. The Bertz CT molecular complexity index is 1090. The minimum atomic E-state index is -0.549. The van der Waals surface area contributed by atoms with Crippen molar-refractivity contribution < 1.29 is 14.5 Å². The predicted octanol–water partition coefficient (Wildman–Crippen LogP) is 3.84. The number of aryl methyl sites for hydroxylation is 1. The van der Waals surface area contributed by atoms with Crippen LogP contribution in [0.15, 0.2) is 42.5 Å². The molecular formula is C21H21N5O4. The Kier molecular flexibility index (Phi) is 5.42. The van der Waals surface area contributed by atoms with E-state index in [0.29, 0.717) is 5.69 Å². The minimum absolute atomic E-state index is 0.0959. The van der Waals surface area contributed by atoms with E-state index in [1.165, 1.54) is 31.7 Å². The van der Waals surface area contributed by atoms with E-state index in [1.807, 2.05) is 12.1 Å². The summed E-state index contributed by atoms with van der Waals surface area (Å²) in [6.07, 6.45) is 4.36. The number of nitro benzene ring substituents is 1. The normalized spacial score (nSPS) is 13.2. The van der Waals surface area contributed by atoms with Gasteiger partial charge in [-0.3, -0.25) is 14.9 Å². The van der Waals surface area contributed by atoms with Gasteiger partial charge in [-0.1, -0.05) is 6.42 Å². The Hall–Kier alpha value is -3.75. The quantitative estimate of drug-likeness (QED) is 0.508. The Morgan fingerprint density at radius 2 is 1.93 bits per heavy atom. The van der Waals surface area contributed by atoms with Gasteiger partial charge in [0.25, 0.3) is 11.6 Å². The summed E-state index contributed by atoms with van der Waals surface area (Å²) in [6.45, 7) is 0.905. The fraction of sp³-hybridized carbons (Fsp3) is 0.286. The number of non-ortho nitro benzene ring substituents is 1. The van der Waals surface area contributed by atoms with Crippen molar-refractivity contribution in [2.75, 3.05) is 12.4 Å². The van der Waals surface area contributed by atoms with Crippen LogP contribution < -0.4 is 10.1 Å². The second-order valence-corrected chi connectivity index (χ2v) is 7.08. The number of nitrogens with one attached hydrogen (secondary N) is 1. The van der Waals surface area contributed by atoms with Gasteiger partial charge in [0.1, 0.15) is 11.6 Å². The van der Waals surface area contributed by atoms with E-state index in [-0.39, 0.29) is 17.0 Å². The molecule has 9 heteroatoms. The van der Waals surface area contributed by atoms with Crippen molar-refractivity contribution in [3.8, 4) is 17.1 Å². The maximum Gasteiger partial charge on any atom is 0.270 e. The molecule has 0 unspecified atom stereocenters. The molecule has 0 saturated heterocycles. The second-order valence-electron chi connectivity index (χ2n) is 7.08. The summed E-state index contributed by atoms with van der Waals surface area (Å²) in [5.74, 6) is 1.61. The van der Waals surface area contributed by atoms with E-state index in [0.717, 1.165) is 43.0 Å². The molecule has 0 saturated carbocycles. The van der Waals surface area contributed by atoms with Crippen LogP contribution in [0.25, 0.3) is 11.4 Å². The van der Waals surface area contributed by atoms with Crippen LogP contribution in [-0.2, 0) is 13.0 Å². The Morgan fingerprint density at radius 1 is 1.13 bits per heavy atom. The lowest BCUT2D eigenvalue weighted by molar-refractivity contribution is -0.384. The summed E-state index contributed by atoms with van der Waals surface area (Å²) >= 11 is 0. The van der Waals surface area contributed by atoms with E-state index >= 15 is 0 Å². The number of carbonyl (C=O) groups is 1. The van der Waals surface area contributed by atoms with Crippen molar-refractivity contribution in [1.82, 2.24) is 14.8 Å². The number of aromatic nitrogens is 3. The molecule has 0 bridgehead atoms. The van der Waals surface area contributed by atoms with Crippen LogP contribution in [0.2, 0.25) is 0 Å². The van der Waals surface area contributed by atoms with Crippen molar-refractivity contribution >= 4 is 17.3 Å². The molecule has 0 atom stereocenters. The van der Waals surface area contributed by atoms with Crippen LogP contribution in [0.3, 0.4) is 0 Å². The summed E-state index contributed by atoms with van der Waals surface area (Å²) in [5.41, 5.74) is 1.40. The highest BCUT2D eigenvalue weighted by atomic mass is 16.6. The predicted molar refractivity (Wildman–Crippen MR) is 111 cm³/mol. The van der Waals surface area contributed by atoms with Crippen molar-refractivity contribution in [3.63, 3.8) is 0 Å². The molecule has 1 aromatic heterocycles. The summed E-state index contributed by atoms with van der Waals surface area (Å²) in [7, 11) is 1.41. The molecule has 1 aliphatic rings. The number of hydrogen-bond donors (Lipinski definition) is 1. The lowest BCUT2D eigenvalue weighted by Gasteiger charge is -2.10. The minimum Gasteiger partial charge on any atom is -0.496 e. The lowest BCUT2D eigenvalue weighted by Crippen LogP contribution is -2.13. The third-order valence-corrected chi connectivity index (χ3v) is 5.15. The molecule has 9 nitrogen and oxygen atoms in total. The molecule has 3 aromatic rings. The third kappa shape index (κ3) is 3.86. The van der Waals surface area contributed by atoms with Crippen LogP contribution in [0, 0.1) is 10.1 Å². The standard InChI is InChI=1S/C21H21N5O4/c1-30-18-11-10-16(26(28)29)13-17(18)21(27)22-15-8-6-14(7-9-15)20-24-23-19-5-3-2-4-12-25(19)20/h6-11,13H,2-5,12H2,1H3,(H,22,27). The van der Waals surface area contributed by atoms with Crippen molar-refractivity contribution in [2.24, 2.45) is 0 Å². The largest absolute Gasteiger partial charge is 0.496 e. The Morgan fingerprint density at radius 3 is 2.67 bits per heavy atom. The molecule has 0 aliphatic carbocycles. The summed E-state index contributed by atoms with van der Waals surface area (Å²) in [5, 5.41) is 22.4. The zero-order chi connectivity index (χ0) is 21.1. The molecule has 30 heavy (non-hydrogen) atoms. The highest BCUT2D eigenvalue weighted by Crippen LogP contribution is 2.27. The molecule has 1 N–H and O–H groups in total. The average Bonchev–Trinajstić information content (AvgIpc) is 3.01. The molecular weight excluding hydrogens is 386 g/mol. The van der Waals surface area contributed by atoms with Crippen LogP contribution in [0.4, 0.5) is 11.4 Å². The second kappa shape index (κ2) is 8.32. The van der Waals surface area contributed by atoms with Gasteiger partial charge in [0.2, 0.25) is 0 Å². The first-order chi connectivity index (χ1) is 14.6. The lowest BCUT2D eigenvalue weighted by atomic mass is 10.1. The first-order valence-electron chi connectivity index (χ1n) is 9.73. The monoisotopic (exact) mass is 407 g/mol. The van der Waals surface area contributed by atoms with Gasteiger partial charge < -0.3 is 14.6 Å². The van der Waals surface area contributed by atoms with E-state index in [9.17, 15) is 14.9 Å². The van der Waals surface area contributed by atoms with Gasteiger partial charge >= 0.3 is 0 Å². The third-order valence-electron chi connectivity index (χ3n) is 5.15. The average molecular weight is 407 g/mol. The number of hydrogen-bond acceptors (Lipinski definition) is 6. The molecule has 0 fully saturated rings. The molecule has 1 amide bonds. The van der Waals surface area contributed by atoms with E-state index in [4.69, 9.17) is 4.74 Å². The summed E-state index contributed by atoms with van der Waals surface area (Å²) in [4.78, 5) is 23.1. The molecule has 2 aromatic carbocycles. The number of amides is 1. The van der Waals surface area contributed by atoms with Crippen molar-refractivity contribution in [3.05, 3.63) is 64.0 Å². The molecule has 0 spiro atoms. The van der Waals surface area contributed by atoms with Gasteiger partial charge in [0, 0.05) is 36.3 Å². The molecule has 4 rings (SSSR count). The molecule has 154 valence electrons. The number of nitrogens with zero attached hydrogens (tertiary/aromatic N) is 4. The Balaban J connectivity index is 1.55. The number of anilines is 1. The number of carbonyl (C=O) groups excluding carboxylic acids is 1. The first kappa shape index (κ1) is 19.6. The molecule has 1 aliphatic heterocycles. The summed E-state index contributed by atoms with van der Waals surface area (Å²) in [6, 6.07) is 11.2. The smallest absolute Gasteiger partial charge is 0.270 e. The number of fused-ring (bicyclic) bond motifs is 1. The number of methoxy groups -OCH3 is 1. The van der Waals surface area contributed by atoms with Crippen LogP contribution in [0.1, 0.15) is 35.4 Å². The first-order valence-corrected chi connectivity index (χ1v) is 9.73. The zero-order valence-electron chi connectivity index (χ0n) is 16.5. The van der Waals surface area contributed by atoms with Gasteiger partial charge in [-0.2, -0.15) is 0 Å². The van der Waals surface area contributed by atoms with Gasteiger partial charge in [0.05, 0.1) is 17.6 Å². The zero-order valence-corrected chi connectivity index (χ0v) is 16.5. The van der Waals surface area contributed by atoms with Gasteiger partial charge in [0.15, 0.2) is 5.82 Å². The van der Waals surface area contributed by atoms with E-state index < -0.39 is 10.8 Å². The van der Waals surface area contributed by atoms with Crippen LogP contribution in [0.5, 0.6) is 5.75 Å². The SMILES string of the molecule is COc1ccc([N+](=O)[O-])cc1C(=O)Nc1ccc(-c2nnc3n2CCCCC3)cc1. The number of rotatable bonds is 5. The number of ether oxygens (including phenoxy) is 1. The van der Waals surface area contributed by atoms with E-state index in [2.05, 4.69) is 20.1 Å². The maximum atomic E-state index is 12.7. The van der Waals surface area contributed by atoms with Gasteiger partial charge in [-0.25, -0.2) is 0 Å². The van der Waals surface area contributed by atoms with Crippen molar-refractivity contribution in [2.45, 2.75) is 32.2 Å². The maximum absolute atomic E-state index is 12.7. The van der Waals surface area contributed by atoms with Crippen molar-refractivity contribution in [1.29, 1.82) is 0 Å². The topological polar surface area (TPSA) is 112 Å². The molecule has 0 radical (unpaired) electrons. The van der Waals surface area contributed by atoms with Crippen LogP contribution in [-0.4, -0.2) is 32.7 Å². The van der Waals surface area contributed by atoms with E-state index in [1.54, 1.807) is 12.1 Å². The Labute approximate surface area is 172 Å². The highest BCUT2D eigenvalue weighted by molar-refractivity contribution is 6.06. The molecule has 2 heterocycles. The fourth-order valence-corrected chi connectivity index (χ4v) is 3.59. The number of nitro groups is 1. The van der Waals surface area contributed by atoms with Crippen LogP contribution >= 0.6 is 0 Å². The van der Waals surface area contributed by atoms with Gasteiger partial charge in [-0.15, -0.1) is 10.2 Å². The fourth-order valence-electron chi connectivity index (χ4n) is 3.59. The van der Waals surface area contributed by atoms with Gasteiger partial charge in [-0.05, 0) is 43.2 Å². The number of benzene rings is 2. The highest BCUT2D eigenvalue weighted by Gasteiger charge is 2.19.